The van der Waals surface area contributed by atoms with Crippen LogP contribution in [0.3, 0.4) is 0 Å². The fourth-order valence-corrected chi connectivity index (χ4v) is 7.58. The third-order valence-corrected chi connectivity index (χ3v) is 11.5. The molecule has 0 aromatic heterocycles. The summed E-state index contributed by atoms with van der Waals surface area (Å²) in [7, 11) is 0. The molecule has 3 N–H and O–H groups in total. The standard InChI is InChI=1S/C54H97NO5/c1-4-7-10-13-16-18-20-22-24-26-27-29-31-33-35-38-41-44-47-54(59)60-50(45-42-39-36-15-12-9-6-3)48-53(58)55-51(49-56)52(57)46-43-40-37-34-32-30-28-25-23-21-19-17-14-11-8-5-2/h10,13,16,18,20,22,24,26-27,29,50-52,56-57H,4-9,11-12,14-15,17,19,21,23,25,28,30-49H2,1-3H3,(H,55,58)/b13-10+,18-16+,22-20+,26-24+,29-27+. The van der Waals surface area contributed by atoms with Gasteiger partial charge in [0.05, 0.1) is 25.2 Å². The molecule has 0 aromatic carbocycles. The van der Waals surface area contributed by atoms with E-state index in [1.807, 2.05) is 24.3 Å². The van der Waals surface area contributed by atoms with Crippen LogP contribution in [-0.4, -0.2) is 46.9 Å². The summed E-state index contributed by atoms with van der Waals surface area (Å²) in [5.41, 5.74) is 0. The summed E-state index contributed by atoms with van der Waals surface area (Å²) in [6.45, 7) is 6.36. The van der Waals surface area contributed by atoms with Crippen molar-refractivity contribution in [3.05, 3.63) is 60.8 Å². The summed E-state index contributed by atoms with van der Waals surface area (Å²) < 4.78 is 5.89. The number of hydrogen-bond donors (Lipinski definition) is 3. The number of rotatable bonds is 45. The third-order valence-electron chi connectivity index (χ3n) is 11.5. The van der Waals surface area contributed by atoms with E-state index >= 15 is 0 Å². The number of amides is 1. The smallest absolute Gasteiger partial charge is 0.306 e. The molecular formula is C54H97NO5. The van der Waals surface area contributed by atoms with Crippen molar-refractivity contribution >= 4 is 11.9 Å². The summed E-state index contributed by atoms with van der Waals surface area (Å²) in [6.07, 6.45) is 58.6. The number of unbranched alkanes of at least 4 members (excludes halogenated alkanes) is 27. The lowest BCUT2D eigenvalue weighted by Gasteiger charge is -2.24. The lowest BCUT2D eigenvalue weighted by atomic mass is 10.0. The van der Waals surface area contributed by atoms with Gasteiger partial charge in [-0.1, -0.05) is 248 Å². The predicted octanol–water partition coefficient (Wildman–Crippen LogP) is 15.2. The van der Waals surface area contributed by atoms with Crippen molar-refractivity contribution in [3.8, 4) is 0 Å². The van der Waals surface area contributed by atoms with Gasteiger partial charge in [-0.25, -0.2) is 0 Å². The van der Waals surface area contributed by atoms with E-state index in [4.69, 9.17) is 4.74 Å². The van der Waals surface area contributed by atoms with Crippen molar-refractivity contribution in [2.75, 3.05) is 6.61 Å². The first-order valence-electron chi connectivity index (χ1n) is 25.6. The molecule has 0 aliphatic carbocycles. The molecule has 6 nitrogen and oxygen atoms in total. The maximum absolute atomic E-state index is 13.1. The molecule has 0 aliphatic rings. The molecule has 60 heavy (non-hydrogen) atoms. The molecule has 6 heteroatoms. The molecule has 3 unspecified atom stereocenters. The number of aliphatic hydroxyl groups is 2. The highest BCUT2D eigenvalue weighted by molar-refractivity contribution is 5.77. The average molecular weight is 840 g/mol. The summed E-state index contributed by atoms with van der Waals surface area (Å²) in [4.78, 5) is 26.0. The van der Waals surface area contributed by atoms with E-state index in [-0.39, 0.29) is 24.9 Å². The van der Waals surface area contributed by atoms with Crippen LogP contribution in [0.15, 0.2) is 60.8 Å². The van der Waals surface area contributed by atoms with Gasteiger partial charge in [0.25, 0.3) is 0 Å². The lowest BCUT2D eigenvalue weighted by molar-refractivity contribution is -0.151. The Balaban J connectivity index is 4.40. The maximum atomic E-state index is 13.1. The van der Waals surface area contributed by atoms with Crippen LogP contribution < -0.4 is 5.32 Å². The highest BCUT2D eigenvalue weighted by Gasteiger charge is 2.24. The number of ether oxygens (including phenoxy) is 1. The van der Waals surface area contributed by atoms with E-state index < -0.39 is 18.2 Å². The fourth-order valence-electron chi connectivity index (χ4n) is 7.58. The topological polar surface area (TPSA) is 95.9 Å². The molecular weight excluding hydrogens is 743 g/mol. The summed E-state index contributed by atoms with van der Waals surface area (Å²) in [5.74, 6) is -0.505. The van der Waals surface area contributed by atoms with E-state index in [1.54, 1.807) is 0 Å². The van der Waals surface area contributed by atoms with Crippen molar-refractivity contribution in [1.29, 1.82) is 0 Å². The van der Waals surface area contributed by atoms with Crippen molar-refractivity contribution in [1.82, 2.24) is 5.32 Å². The van der Waals surface area contributed by atoms with Crippen LogP contribution in [0, 0.1) is 0 Å². The number of nitrogens with one attached hydrogen (secondary N) is 1. The van der Waals surface area contributed by atoms with Crippen LogP contribution >= 0.6 is 0 Å². The second-order valence-corrected chi connectivity index (χ2v) is 17.3. The molecule has 3 atom stereocenters. The van der Waals surface area contributed by atoms with Crippen LogP contribution in [0.2, 0.25) is 0 Å². The van der Waals surface area contributed by atoms with Gasteiger partial charge in [-0.05, 0) is 44.9 Å². The summed E-state index contributed by atoms with van der Waals surface area (Å²) >= 11 is 0. The van der Waals surface area contributed by atoms with Gasteiger partial charge in [0.15, 0.2) is 0 Å². The molecule has 0 aliphatic heterocycles. The third kappa shape index (κ3) is 42.3. The van der Waals surface area contributed by atoms with Gasteiger partial charge in [-0.15, -0.1) is 0 Å². The van der Waals surface area contributed by atoms with Crippen molar-refractivity contribution in [3.63, 3.8) is 0 Å². The number of allylic oxidation sites excluding steroid dienone is 10. The first-order chi connectivity index (χ1) is 29.5. The zero-order valence-electron chi connectivity index (χ0n) is 39.6. The van der Waals surface area contributed by atoms with Gasteiger partial charge >= 0.3 is 5.97 Å². The minimum atomic E-state index is -0.791. The fraction of sp³-hybridized carbons (Fsp3) is 0.778. The van der Waals surface area contributed by atoms with E-state index in [2.05, 4.69) is 62.5 Å². The average Bonchev–Trinajstić information content (AvgIpc) is 3.24. The molecule has 0 spiro atoms. The minimum Gasteiger partial charge on any atom is -0.462 e. The van der Waals surface area contributed by atoms with Crippen molar-refractivity contribution in [2.24, 2.45) is 0 Å². The quantitative estimate of drug-likeness (QED) is 0.0322. The molecule has 348 valence electrons. The Morgan fingerprint density at radius 2 is 0.883 bits per heavy atom. The normalized spacial score (nSPS) is 13.8. The molecule has 0 saturated heterocycles. The minimum absolute atomic E-state index is 0.0661. The number of aliphatic hydroxyl groups excluding tert-OH is 2. The predicted molar refractivity (Wildman–Crippen MR) is 259 cm³/mol. The largest absolute Gasteiger partial charge is 0.462 e. The van der Waals surface area contributed by atoms with Gasteiger partial charge in [0.2, 0.25) is 5.91 Å². The molecule has 0 saturated carbocycles. The number of hydrogen-bond acceptors (Lipinski definition) is 5. The van der Waals surface area contributed by atoms with Gasteiger partial charge in [-0.2, -0.15) is 0 Å². The number of carbonyl (C=O) groups excluding carboxylic acids is 2. The van der Waals surface area contributed by atoms with Crippen LogP contribution in [0.25, 0.3) is 0 Å². The second kappa shape index (κ2) is 47.6. The molecule has 0 heterocycles. The zero-order valence-corrected chi connectivity index (χ0v) is 39.6. The van der Waals surface area contributed by atoms with Crippen molar-refractivity contribution < 1.29 is 24.5 Å². The highest BCUT2D eigenvalue weighted by Crippen LogP contribution is 2.18. The first-order valence-corrected chi connectivity index (χ1v) is 25.6. The molecule has 0 rings (SSSR count). The van der Waals surface area contributed by atoms with Gasteiger partial charge in [0, 0.05) is 6.42 Å². The van der Waals surface area contributed by atoms with Crippen LogP contribution in [0.4, 0.5) is 0 Å². The molecule has 0 bridgehead atoms. The Morgan fingerprint density at radius 1 is 0.483 bits per heavy atom. The van der Waals surface area contributed by atoms with Crippen LogP contribution in [0.5, 0.6) is 0 Å². The van der Waals surface area contributed by atoms with E-state index in [9.17, 15) is 19.8 Å². The number of esters is 1. The van der Waals surface area contributed by atoms with Gasteiger partial charge in [-0.3, -0.25) is 9.59 Å². The molecule has 0 fully saturated rings. The Labute approximate surface area is 371 Å². The summed E-state index contributed by atoms with van der Waals surface area (Å²) in [5, 5.41) is 23.7. The van der Waals surface area contributed by atoms with Crippen LogP contribution in [-0.2, 0) is 14.3 Å². The second-order valence-electron chi connectivity index (χ2n) is 17.3. The Kier molecular flexibility index (Phi) is 45.7. The van der Waals surface area contributed by atoms with Gasteiger partial charge in [0.1, 0.15) is 6.10 Å². The monoisotopic (exact) mass is 840 g/mol. The van der Waals surface area contributed by atoms with Gasteiger partial charge < -0.3 is 20.3 Å². The first kappa shape index (κ1) is 57.6. The molecule has 0 aromatic rings. The highest BCUT2D eigenvalue weighted by atomic mass is 16.5. The SMILES string of the molecule is CCC/C=C/C=C/C=C/C=C/C=C/CCCCCCCC(=O)OC(CCCCCCCCC)CC(=O)NC(CO)C(O)CCCCCCCCCCCCCCCCCC. The van der Waals surface area contributed by atoms with E-state index in [0.717, 1.165) is 83.5 Å². The Bertz CT molecular complexity index is 1080. The summed E-state index contributed by atoms with van der Waals surface area (Å²) in [6, 6.07) is -0.705. The van der Waals surface area contributed by atoms with Crippen molar-refractivity contribution in [2.45, 2.75) is 264 Å². The molecule has 1 amide bonds. The van der Waals surface area contributed by atoms with E-state index in [1.165, 1.54) is 116 Å². The molecule has 0 radical (unpaired) electrons. The van der Waals surface area contributed by atoms with Crippen LogP contribution in [0.1, 0.15) is 245 Å². The maximum Gasteiger partial charge on any atom is 0.306 e. The Morgan fingerprint density at radius 3 is 1.35 bits per heavy atom. The Hall–Kier alpha value is -2.44. The zero-order chi connectivity index (χ0) is 43.8. The lowest BCUT2D eigenvalue weighted by Crippen LogP contribution is -2.46. The number of carbonyl (C=O) groups is 2. The van der Waals surface area contributed by atoms with E-state index in [0.29, 0.717) is 19.3 Å².